The van der Waals surface area contributed by atoms with Crippen molar-refractivity contribution < 1.29 is 13.2 Å². The van der Waals surface area contributed by atoms with Crippen LogP contribution in [-0.2, 0) is 14.8 Å². The number of nitrogens with one attached hydrogen (secondary N) is 1. The SMILES string of the molecule is COCCN(CCC#N)S(=O)(=O)c1ccc(NN)nc1. The molecular weight excluding hydrogens is 282 g/mol. The van der Waals surface area contributed by atoms with Gasteiger partial charge in [0.05, 0.1) is 12.7 Å². The third-order valence-electron chi connectivity index (χ3n) is 2.54. The summed E-state index contributed by atoms with van der Waals surface area (Å²) in [6.45, 7) is 0.539. The Hall–Kier alpha value is -1.73. The summed E-state index contributed by atoms with van der Waals surface area (Å²) < 4.78 is 30.9. The maximum atomic E-state index is 12.4. The second-order valence-corrected chi connectivity index (χ2v) is 5.77. The molecule has 1 aromatic rings. The Morgan fingerprint density at radius 2 is 2.25 bits per heavy atom. The summed E-state index contributed by atoms with van der Waals surface area (Å²) in [5, 5.41) is 8.61. The van der Waals surface area contributed by atoms with Crippen LogP contribution in [0.3, 0.4) is 0 Å². The minimum Gasteiger partial charge on any atom is -0.383 e. The van der Waals surface area contributed by atoms with Crippen LogP contribution in [0.5, 0.6) is 0 Å². The van der Waals surface area contributed by atoms with E-state index < -0.39 is 10.0 Å². The number of methoxy groups -OCH3 is 1. The molecule has 1 rings (SSSR count). The molecule has 0 saturated carbocycles. The van der Waals surface area contributed by atoms with E-state index in [1.165, 1.54) is 29.7 Å². The van der Waals surface area contributed by atoms with Crippen LogP contribution >= 0.6 is 0 Å². The van der Waals surface area contributed by atoms with Crippen LogP contribution in [0, 0.1) is 11.3 Å². The predicted octanol–water partition coefficient (Wildman–Crippen LogP) is -0.0820. The average molecular weight is 299 g/mol. The number of aromatic nitrogens is 1. The Bertz CT molecular complexity index is 552. The molecule has 110 valence electrons. The first-order chi connectivity index (χ1) is 9.56. The lowest BCUT2D eigenvalue weighted by atomic mass is 10.4. The number of hydrogen-bond acceptors (Lipinski definition) is 7. The van der Waals surface area contributed by atoms with Crippen LogP contribution in [0.2, 0.25) is 0 Å². The Morgan fingerprint density at radius 3 is 2.75 bits per heavy atom. The molecule has 0 spiro atoms. The van der Waals surface area contributed by atoms with Gasteiger partial charge < -0.3 is 10.2 Å². The lowest BCUT2D eigenvalue weighted by Crippen LogP contribution is -2.34. The number of pyridine rings is 1. The summed E-state index contributed by atoms with van der Waals surface area (Å²) in [6.07, 6.45) is 1.33. The number of nitrogens with zero attached hydrogens (tertiary/aromatic N) is 3. The molecule has 20 heavy (non-hydrogen) atoms. The lowest BCUT2D eigenvalue weighted by molar-refractivity contribution is 0.179. The third-order valence-corrected chi connectivity index (χ3v) is 4.42. The molecule has 0 amide bonds. The van der Waals surface area contributed by atoms with Crippen LogP contribution in [0.15, 0.2) is 23.2 Å². The second-order valence-electron chi connectivity index (χ2n) is 3.83. The number of hydrogen-bond donors (Lipinski definition) is 2. The van der Waals surface area contributed by atoms with Crippen molar-refractivity contribution in [3.05, 3.63) is 18.3 Å². The molecule has 0 atom stereocenters. The molecule has 0 radical (unpaired) electrons. The quantitative estimate of drug-likeness (QED) is 0.508. The molecule has 0 fully saturated rings. The largest absolute Gasteiger partial charge is 0.383 e. The smallest absolute Gasteiger partial charge is 0.244 e. The first kappa shape index (κ1) is 16.3. The van der Waals surface area contributed by atoms with E-state index in [4.69, 9.17) is 15.8 Å². The van der Waals surface area contributed by atoms with E-state index in [0.29, 0.717) is 5.82 Å². The van der Waals surface area contributed by atoms with Crippen molar-refractivity contribution in [3.8, 4) is 6.07 Å². The monoisotopic (exact) mass is 299 g/mol. The van der Waals surface area contributed by atoms with Crippen molar-refractivity contribution in [2.75, 3.05) is 32.2 Å². The van der Waals surface area contributed by atoms with E-state index in [9.17, 15) is 8.42 Å². The maximum absolute atomic E-state index is 12.4. The topological polar surface area (TPSA) is 121 Å². The van der Waals surface area contributed by atoms with Crippen molar-refractivity contribution in [1.29, 1.82) is 5.26 Å². The molecule has 0 bridgehead atoms. The Labute approximate surface area is 118 Å². The molecule has 0 unspecified atom stereocenters. The van der Waals surface area contributed by atoms with Gasteiger partial charge in [-0.3, -0.25) is 0 Å². The second kappa shape index (κ2) is 7.76. The molecule has 0 aliphatic rings. The lowest BCUT2D eigenvalue weighted by Gasteiger charge is -2.20. The van der Waals surface area contributed by atoms with Crippen molar-refractivity contribution in [3.63, 3.8) is 0 Å². The maximum Gasteiger partial charge on any atom is 0.244 e. The van der Waals surface area contributed by atoms with Gasteiger partial charge >= 0.3 is 0 Å². The van der Waals surface area contributed by atoms with Crippen LogP contribution in [0.4, 0.5) is 5.82 Å². The fourth-order valence-corrected chi connectivity index (χ4v) is 2.86. The highest BCUT2D eigenvalue weighted by Crippen LogP contribution is 2.16. The molecule has 9 heteroatoms. The van der Waals surface area contributed by atoms with Crippen molar-refractivity contribution >= 4 is 15.8 Å². The fourth-order valence-electron chi connectivity index (χ4n) is 1.49. The van der Waals surface area contributed by atoms with Gasteiger partial charge in [-0.05, 0) is 12.1 Å². The van der Waals surface area contributed by atoms with E-state index in [1.807, 2.05) is 6.07 Å². The van der Waals surface area contributed by atoms with Gasteiger partial charge in [0.15, 0.2) is 0 Å². The number of hydrazine groups is 1. The Morgan fingerprint density at radius 1 is 1.50 bits per heavy atom. The minimum absolute atomic E-state index is 0.0468. The van der Waals surface area contributed by atoms with Crippen LogP contribution in [0.1, 0.15) is 6.42 Å². The Balaban J connectivity index is 2.97. The summed E-state index contributed by atoms with van der Waals surface area (Å²) >= 11 is 0. The molecule has 8 nitrogen and oxygen atoms in total. The number of ether oxygens (including phenoxy) is 1. The van der Waals surface area contributed by atoms with Gasteiger partial charge in [-0.15, -0.1) is 0 Å². The van der Waals surface area contributed by atoms with Gasteiger partial charge in [0.25, 0.3) is 0 Å². The first-order valence-corrected chi connectivity index (χ1v) is 7.29. The minimum atomic E-state index is -3.70. The summed E-state index contributed by atoms with van der Waals surface area (Å²) in [6, 6.07) is 4.80. The first-order valence-electron chi connectivity index (χ1n) is 5.85. The van der Waals surface area contributed by atoms with Gasteiger partial charge in [-0.25, -0.2) is 19.2 Å². The predicted molar refractivity (Wildman–Crippen MR) is 72.9 cm³/mol. The summed E-state index contributed by atoms with van der Waals surface area (Å²) in [4.78, 5) is 3.92. The number of anilines is 1. The van der Waals surface area contributed by atoms with E-state index in [-0.39, 0.29) is 31.0 Å². The van der Waals surface area contributed by atoms with Crippen LogP contribution < -0.4 is 11.3 Å². The molecule has 0 aromatic carbocycles. The fraction of sp³-hybridized carbons (Fsp3) is 0.455. The van der Waals surface area contributed by atoms with Gasteiger partial charge in [-0.1, -0.05) is 0 Å². The zero-order valence-electron chi connectivity index (χ0n) is 11.1. The highest BCUT2D eigenvalue weighted by Gasteiger charge is 2.24. The normalized spacial score (nSPS) is 11.3. The van der Waals surface area contributed by atoms with Crippen molar-refractivity contribution in [2.45, 2.75) is 11.3 Å². The number of sulfonamides is 1. The van der Waals surface area contributed by atoms with E-state index in [2.05, 4.69) is 10.4 Å². The van der Waals surface area contributed by atoms with Gasteiger partial charge in [0, 0.05) is 32.8 Å². The molecule has 3 N–H and O–H groups in total. The molecule has 0 aliphatic carbocycles. The number of nitrogen functional groups attached to an aromatic ring is 1. The molecule has 0 aliphatic heterocycles. The molecular formula is C11H17N5O3S. The highest BCUT2D eigenvalue weighted by molar-refractivity contribution is 7.89. The zero-order valence-corrected chi connectivity index (χ0v) is 11.9. The average Bonchev–Trinajstić information content (AvgIpc) is 2.47. The van der Waals surface area contributed by atoms with Crippen LogP contribution in [-0.4, -0.2) is 44.5 Å². The Kier molecular flexibility index (Phi) is 6.33. The van der Waals surface area contributed by atoms with E-state index in [0.717, 1.165) is 0 Å². The summed E-state index contributed by atoms with van der Waals surface area (Å²) in [5.74, 6) is 5.54. The van der Waals surface area contributed by atoms with E-state index >= 15 is 0 Å². The number of nitrogens with two attached hydrogens (primary N) is 1. The summed E-state index contributed by atoms with van der Waals surface area (Å²) in [7, 11) is -2.21. The molecule has 1 aromatic heterocycles. The molecule has 0 saturated heterocycles. The van der Waals surface area contributed by atoms with Gasteiger partial charge in [0.2, 0.25) is 10.0 Å². The van der Waals surface area contributed by atoms with Gasteiger partial charge in [-0.2, -0.15) is 9.57 Å². The molecule has 1 heterocycles. The zero-order chi connectivity index (χ0) is 15.0. The van der Waals surface area contributed by atoms with Crippen molar-refractivity contribution in [2.24, 2.45) is 5.84 Å². The van der Waals surface area contributed by atoms with Crippen LogP contribution in [0.25, 0.3) is 0 Å². The van der Waals surface area contributed by atoms with Gasteiger partial charge in [0.1, 0.15) is 10.7 Å². The highest BCUT2D eigenvalue weighted by atomic mass is 32.2. The number of rotatable bonds is 8. The van der Waals surface area contributed by atoms with Crippen molar-refractivity contribution in [1.82, 2.24) is 9.29 Å². The standard InChI is InChI=1S/C11H17N5O3S/c1-19-8-7-16(6-2-5-12)20(17,18)10-3-4-11(15-13)14-9-10/h3-4,9H,2,6-8,13H2,1H3,(H,14,15). The third kappa shape index (κ3) is 4.14. The van der Waals surface area contributed by atoms with E-state index in [1.54, 1.807) is 0 Å². The summed E-state index contributed by atoms with van der Waals surface area (Å²) in [5.41, 5.74) is 2.32. The number of nitriles is 1.